The molecule has 0 aliphatic heterocycles. The molecule has 0 atom stereocenters. The van der Waals surface area contributed by atoms with E-state index in [0.717, 1.165) is 0 Å². The Balaban J connectivity index is 2.40. The van der Waals surface area contributed by atoms with Crippen molar-refractivity contribution in [2.75, 3.05) is 13.2 Å². The molecular weight excluding hydrogens is 276 g/mol. The van der Waals surface area contributed by atoms with E-state index in [4.69, 9.17) is 9.47 Å². The third-order valence-corrected chi connectivity index (χ3v) is 2.40. The van der Waals surface area contributed by atoms with Crippen molar-refractivity contribution in [3.05, 3.63) is 33.9 Å². The molecule has 1 N–H and O–H groups in total. The quantitative estimate of drug-likeness (QED) is 0.512. The summed E-state index contributed by atoms with van der Waals surface area (Å²) in [5.41, 5.74) is 0.146. The molecule has 116 valence electrons. The first kappa shape index (κ1) is 16.7. The first-order valence-electron chi connectivity index (χ1n) is 6.54. The average Bonchev–Trinajstić information content (AvgIpc) is 2.33. The number of benzene rings is 1. The summed E-state index contributed by atoms with van der Waals surface area (Å²) in [5.74, 6) is 0.548. The number of nitrogens with zero attached hydrogens (tertiary/aromatic N) is 1. The minimum atomic E-state index is -0.542. The van der Waals surface area contributed by atoms with Crippen LogP contribution in [0, 0.1) is 17.0 Å². The highest BCUT2D eigenvalue weighted by Crippen LogP contribution is 2.22. The molecule has 7 heteroatoms. The fourth-order valence-corrected chi connectivity index (χ4v) is 1.54. The van der Waals surface area contributed by atoms with E-state index in [9.17, 15) is 14.9 Å². The SMILES string of the molecule is Cc1cc([N+](=O)[O-])ccc1OCCNC(=O)OC(C)(C)C. The van der Waals surface area contributed by atoms with Crippen LogP contribution in [0.25, 0.3) is 0 Å². The summed E-state index contributed by atoms with van der Waals surface area (Å²) >= 11 is 0. The largest absolute Gasteiger partial charge is 0.491 e. The zero-order chi connectivity index (χ0) is 16.0. The fraction of sp³-hybridized carbons (Fsp3) is 0.500. The number of alkyl carbamates (subject to hydrolysis) is 1. The molecule has 21 heavy (non-hydrogen) atoms. The van der Waals surface area contributed by atoms with Crippen molar-refractivity contribution in [3.8, 4) is 5.75 Å². The molecule has 0 aliphatic rings. The fourth-order valence-electron chi connectivity index (χ4n) is 1.54. The summed E-state index contributed by atoms with van der Waals surface area (Å²) in [6.07, 6.45) is -0.508. The highest BCUT2D eigenvalue weighted by molar-refractivity contribution is 5.67. The molecule has 0 aliphatic carbocycles. The Hall–Kier alpha value is -2.31. The molecule has 0 saturated heterocycles. The number of ether oxygens (including phenoxy) is 2. The van der Waals surface area contributed by atoms with Gasteiger partial charge in [-0.2, -0.15) is 0 Å². The number of nitro benzene ring substituents is 1. The van der Waals surface area contributed by atoms with E-state index < -0.39 is 16.6 Å². The molecule has 0 spiro atoms. The van der Waals surface area contributed by atoms with Crippen LogP contribution >= 0.6 is 0 Å². The third kappa shape index (κ3) is 6.11. The molecule has 0 aromatic heterocycles. The summed E-state index contributed by atoms with van der Waals surface area (Å²) in [6, 6.07) is 4.36. The van der Waals surface area contributed by atoms with E-state index in [0.29, 0.717) is 11.3 Å². The van der Waals surface area contributed by atoms with Gasteiger partial charge in [-0.25, -0.2) is 4.79 Å². The van der Waals surface area contributed by atoms with Gasteiger partial charge in [0.1, 0.15) is 18.0 Å². The molecule has 1 amide bonds. The molecular formula is C14H20N2O5. The number of rotatable bonds is 5. The summed E-state index contributed by atoms with van der Waals surface area (Å²) in [7, 11) is 0. The number of non-ortho nitro benzene ring substituents is 1. The molecule has 0 saturated carbocycles. The summed E-state index contributed by atoms with van der Waals surface area (Å²) in [6.45, 7) is 7.60. The molecule has 7 nitrogen and oxygen atoms in total. The van der Waals surface area contributed by atoms with Crippen molar-refractivity contribution in [3.63, 3.8) is 0 Å². The number of carbonyl (C=O) groups excluding carboxylic acids is 1. The van der Waals surface area contributed by atoms with Crippen molar-refractivity contribution in [1.82, 2.24) is 5.32 Å². The van der Waals surface area contributed by atoms with Gasteiger partial charge in [0.05, 0.1) is 11.5 Å². The standard InChI is InChI=1S/C14H20N2O5/c1-10-9-11(16(18)19)5-6-12(10)20-8-7-15-13(17)21-14(2,3)4/h5-6,9H,7-8H2,1-4H3,(H,15,17). The molecule has 0 bridgehead atoms. The zero-order valence-electron chi connectivity index (χ0n) is 12.6. The van der Waals surface area contributed by atoms with Crippen molar-refractivity contribution in [1.29, 1.82) is 0 Å². The van der Waals surface area contributed by atoms with Gasteiger partial charge in [-0.1, -0.05) is 0 Å². The maximum absolute atomic E-state index is 11.4. The Labute approximate surface area is 123 Å². The number of amides is 1. The van der Waals surface area contributed by atoms with Crippen molar-refractivity contribution in [2.45, 2.75) is 33.3 Å². The van der Waals surface area contributed by atoms with Crippen LogP contribution in [-0.2, 0) is 4.74 Å². The highest BCUT2D eigenvalue weighted by atomic mass is 16.6. The van der Waals surface area contributed by atoms with E-state index in [1.807, 2.05) is 0 Å². The van der Waals surface area contributed by atoms with Crippen molar-refractivity contribution >= 4 is 11.8 Å². The minimum Gasteiger partial charge on any atom is -0.491 e. The number of aryl methyl sites for hydroxylation is 1. The van der Waals surface area contributed by atoms with Crippen LogP contribution in [0.5, 0.6) is 5.75 Å². The van der Waals surface area contributed by atoms with Crippen molar-refractivity contribution < 1.29 is 19.2 Å². The minimum absolute atomic E-state index is 0.0201. The van der Waals surface area contributed by atoms with Crippen LogP contribution < -0.4 is 10.1 Å². The second-order valence-corrected chi connectivity index (χ2v) is 5.48. The Kier molecular flexibility index (Phi) is 5.52. The summed E-state index contributed by atoms with van der Waals surface area (Å²) < 4.78 is 10.5. The van der Waals surface area contributed by atoms with Gasteiger partial charge in [-0.15, -0.1) is 0 Å². The summed E-state index contributed by atoms with van der Waals surface area (Å²) in [4.78, 5) is 21.6. The van der Waals surface area contributed by atoms with E-state index in [-0.39, 0.29) is 18.8 Å². The van der Waals surface area contributed by atoms with Gasteiger partial charge in [0.15, 0.2) is 0 Å². The van der Waals surface area contributed by atoms with Crippen molar-refractivity contribution in [2.24, 2.45) is 0 Å². The third-order valence-electron chi connectivity index (χ3n) is 2.40. The number of nitrogens with one attached hydrogen (secondary N) is 1. The van der Waals surface area contributed by atoms with E-state index in [2.05, 4.69) is 5.32 Å². The lowest BCUT2D eigenvalue weighted by Gasteiger charge is -2.19. The highest BCUT2D eigenvalue weighted by Gasteiger charge is 2.15. The molecule has 1 aromatic rings. The Bertz CT molecular complexity index is 523. The van der Waals surface area contributed by atoms with Gasteiger partial charge < -0.3 is 14.8 Å². The second kappa shape index (κ2) is 6.92. The number of hydrogen-bond donors (Lipinski definition) is 1. The lowest BCUT2D eigenvalue weighted by atomic mass is 10.2. The van der Waals surface area contributed by atoms with Crippen LogP contribution in [0.3, 0.4) is 0 Å². The van der Waals surface area contributed by atoms with Gasteiger partial charge in [0, 0.05) is 12.1 Å². The van der Waals surface area contributed by atoms with Gasteiger partial charge >= 0.3 is 6.09 Å². The molecule has 0 heterocycles. The molecule has 0 unspecified atom stereocenters. The topological polar surface area (TPSA) is 90.7 Å². The lowest BCUT2D eigenvalue weighted by Crippen LogP contribution is -2.34. The summed E-state index contributed by atoms with van der Waals surface area (Å²) in [5, 5.41) is 13.2. The Morgan fingerprint density at radius 1 is 1.38 bits per heavy atom. The van der Waals surface area contributed by atoms with Gasteiger partial charge in [-0.05, 0) is 39.3 Å². The Morgan fingerprint density at radius 3 is 2.57 bits per heavy atom. The second-order valence-electron chi connectivity index (χ2n) is 5.48. The van der Waals surface area contributed by atoms with Gasteiger partial charge in [0.25, 0.3) is 5.69 Å². The number of nitro groups is 1. The smallest absolute Gasteiger partial charge is 0.407 e. The zero-order valence-corrected chi connectivity index (χ0v) is 12.6. The van der Waals surface area contributed by atoms with Crippen LogP contribution in [0.2, 0.25) is 0 Å². The van der Waals surface area contributed by atoms with Crippen LogP contribution in [0.1, 0.15) is 26.3 Å². The predicted octanol–water partition coefficient (Wildman–Crippen LogP) is 2.81. The maximum atomic E-state index is 11.4. The van der Waals surface area contributed by atoms with Gasteiger partial charge in [0.2, 0.25) is 0 Å². The molecule has 1 rings (SSSR count). The van der Waals surface area contributed by atoms with Crippen LogP contribution in [0.4, 0.5) is 10.5 Å². The molecule has 0 fully saturated rings. The van der Waals surface area contributed by atoms with Gasteiger partial charge in [-0.3, -0.25) is 10.1 Å². The normalized spacial score (nSPS) is 10.9. The lowest BCUT2D eigenvalue weighted by molar-refractivity contribution is -0.384. The monoisotopic (exact) mass is 296 g/mol. The molecule has 0 radical (unpaired) electrons. The predicted molar refractivity (Wildman–Crippen MR) is 77.6 cm³/mol. The first-order chi connectivity index (χ1) is 9.69. The van der Waals surface area contributed by atoms with E-state index >= 15 is 0 Å². The van der Waals surface area contributed by atoms with E-state index in [1.165, 1.54) is 12.1 Å². The first-order valence-corrected chi connectivity index (χ1v) is 6.54. The Morgan fingerprint density at radius 2 is 2.05 bits per heavy atom. The number of hydrogen-bond acceptors (Lipinski definition) is 5. The van der Waals surface area contributed by atoms with Crippen LogP contribution in [-0.4, -0.2) is 29.8 Å². The number of carbonyl (C=O) groups is 1. The van der Waals surface area contributed by atoms with Crippen LogP contribution in [0.15, 0.2) is 18.2 Å². The maximum Gasteiger partial charge on any atom is 0.407 e. The van der Waals surface area contributed by atoms with E-state index in [1.54, 1.807) is 33.8 Å². The average molecular weight is 296 g/mol. The molecule has 1 aromatic carbocycles.